The number of halogens is 1. The number of rotatable bonds is 6. The zero-order chi connectivity index (χ0) is 13.6. The fourth-order valence-corrected chi connectivity index (χ4v) is 3.32. The second-order valence-electron chi connectivity index (χ2n) is 3.51. The first-order valence-electron chi connectivity index (χ1n) is 5.15. The van der Waals surface area contributed by atoms with Crippen molar-refractivity contribution < 1.29 is 22.2 Å². The molecule has 5 nitrogen and oxygen atoms in total. The Hall–Kier alpha value is -0.680. The molecule has 1 aromatic carbocycles. The van der Waals surface area contributed by atoms with Crippen LogP contribution in [-0.4, -0.2) is 25.8 Å². The maximum Gasteiger partial charge on any atom is 0.344 e. The van der Waals surface area contributed by atoms with E-state index in [-0.39, 0.29) is 6.42 Å². The van der Waals surface area contributed by atoms with Crippen LogP contribution >= 0.6 is 23.9 Å². The van der Waals surface area contributed by atoms with Crippen molar-refractivity contribution in [3.8, 4) is 0 Å². The summed E-state index contributed by atoms with van der Waals surface area (Å²) in [6, 6.07) is 9.16. The van der Waals surface area contributed by atoms with Crippen LogP contribution in [0.4, 0.5) is 0 Å². The molecule has 18 heavy (non-hydrogen) atoms. The quantitative estimate of drug-likeness (QED) is 0.747. The van der Waals surface area contributed by atoms with Crippen LogP contribution < -0.4 is 0 Å². The molecular formula is C11H14BrO5P. The Balaban J connectivity index is 3.00. The van der Waals surface area contributed by atoms with Gasteiger partial charge in [-0.2, -0.15) is 0 Å². The Morgan fingerprint density at radius 1 is 1.28 bits per heavy atom. The highest BCUT2D eigenvalue weighted by Gasteiger charge is 2.41. The van der Waals surface area contributed by atoms with E-state index in [1.54, 1.807) is 0 Å². The summed E-state index contributed by atoms with van der Waals surface area (Å²) in [6.07, 6.45) is 0.213. The molecule has 0 aliphatic carbocycles. The molecule has 0 saturated carbocycles. The van der Waals surface area contributed by atoms with Crippen LogP contribution in [0.3, 0.4) is 0 Å². The molecule has 0 spiro atoms. The van der Waals surface area contributed by atoms with E-state index in [0.717, 1.165) is 5.56 Å². The largest absolute Gasteiger partial charge is 0.383 e. The van der Waals surface area contributed by atoms with Crippen molar-refractivity contribution in [3.05, 3.63) is 35.9 Å². The molecule has 0 amide bonds. The van der Waals surface area contributed by atoms with E-state index in [1.165, 1.54) is 14.2 Å². The molecule has 0 radical (unpaired) electrons. The number of carbonyl (C=O) groups is 1. The summed E-state index contributed by atoms with van der Waals surface area (Å²) in [5, 5.41) is 0. The molecule has 0 aliphatic heterocycles. The van der Waals surface area contributed by atoms with Crippen LogP contribution in [0.5, 0.6) is 0 Å². The normalized spacial score (nSPS) is 13.1. The predicted molar refractivity (Wildman–Crippen MR) is 70.6 cm³/mol. The van der Waals surface area contributed by atoms with Crippen molar-refractivity contribution in [2.45, 2.75) is 12.1 Å². The van der Waals surface area contributed by atoms with Crippen molar-refractivity contribution in [2.75, 3.05) is 14.2 Å². The average molecular weight is 337 g/mol. The van der Waals surface area contributed by atoms with Gasteiger partial charge in [0.25, 0.3) is 0 Å². The highest BCUT2D eigenvalue weighted by atomic mass is 79.9. The Kier molecular flexibility index (Phi) is 6.02. The van der Waals surface area contributed by atoms with Gasteiger partial charge in [0.1, 0.15) is 0 Å². The van der Waals surface area contributed by atoms with Gasteiger partial charge in [-0.25, -0.2) is 0 Å². The summed E-state index contributed by atoms with van der Waals surface area (Å²) in [6.45, 7) is 0. The maximum absolute atomic E-state index is 12.3. The monoisotopic (exact) mass is 336 g/mol. The molecule has 0 aromatic heterocycles. The van der Waals surface area contributed by atoms with E-state index in [9.17, 15) is 9.36 Å². The van der Waals surface area contributed by atoms with Gasteiger partial charge >= 0.3 is 13.6 Å². The molecule has 1 aromatic rings. The van der Waals surface area contributed by atoms with E-state index in [1.807, 2.05) is 30.3 Å². The summed E-state index contributed by atoms with van der Waals surface area (Å²) in [4.78, 5) is 11.7. The fourth-order valence-electron chi connectivity index (χ4n) is 1.54. The lowest BCUT2D eigenvalue weighted by Crippen LogP contribution is -2.25. The molecule has 0 N–H and O–H groups in total. The van der Waals surface area contributed by atoms with Crippen molar-refractivity contribution in [1.82, 2.24) is 0 Å². The van der Waals surface area contributed by atoms with Gasteiger partial charge in [-0.3, -0.25) is 9.36 Å². The van der Waals surface area contributed by atoms with E-state index >= 15 is 0 Å². The Morgan fingerprint density at radius 3 is 2.28 bits per heavy atom. The molecule has 0 aliphatic rings. The van der Waals surface area contributed by atoms with Gasteiger partial charge in [0.15, 0.2) is 21.9 Å². The van der Waals surface area contributed by atoms with Gasteiger partial charge in [0.05, 0.1) is 0 Å². The summed E-state index contributed by atoms with van der Waals surface area (Å²) in [5.41, 5.74) is -0.163. The smallest absolute Gasteiger partial charge is 0.344 e. The molecule has 100 valence electrons. The van der Waals surface area contributed by atoms with Gasteiger partial charge in [0, 0.05) is 14.2 Å². The van der Waals surface area contributed by atoms with E-state index in [2.05, 4.69) is 20.1 Å². The maximum atomic E-state index is 12.3. The minimum absolute atomic E-state index is 0.213. The van der Waals surface area contributed by atoms with Crippen LogP contribution in [0, 0.1) is 0 Å². The minimum atomic E-state index is -3.53. The topological polar surface area (TPSA) is 61.8 Å². The van der Waals surface area contributed by atoms with Crippen LogP contribution in [0.25, 0.3) is 0 Å². The summed E-state index contributed by atoms with van der Waals surface area (Å²) < 4.78 is 26.5. The molecule has 7 heteroatoms. The van der Waals surface area contributed by atoms with Crippen LogP contribution in [0.15, 0.2) is 30.3 Å². The number of benzene rings is 1. The van der Waals surface area contributed by atoms with E-state index < -0.39 is 19.2 Å². The zero-order valence-corrected chi connectivity index (χ0v) is 12.5. The second kappa shape index (κ2) is 7.04. The van der Waals surface area contributed by atoms with Gasteiger partial charge in [-0.15, -0.1) is 0 Å². The van der Waals surface area contributed by atoms with Gasteiger partial charge in [-0.1, -0.05) is 30.3 Å². The third-order valence-electron chi connectivity index (χ3n) is 2.51. The van der Waals surface area contributed by atoms with Crippen LogP contribution in [0.2, 0.25) is 0 Å². The molecule has 0 heterocycles. The molecule has 0 bridgehead atoms. The van der Waals surface area contributed by atoms with Gasteiger partial charge in [0.2, 0.25) is 0 Å². The standard InChI is InChI=1S/C11H14BrO5P/c1-15-18(14,16-2)10(11(13)17-12)8-9-6-4-3-5-7-9/h3-7,10H,8H2,1-2H3. The fraction of sp³-hybridized carbons (Fsp3) is 0.364. The van der Waals surface area contributed by atoms with Crippen molar-refractivity contribution in [3.63, 3.8) is 0 Å². The summed E-state index contributed by atoms with van der Waals surface area (Å²) in [5.74, 6) is -0.689. The second-order valence-corrected chi connectivity index (χ2v) is 6.26. The predicted octanol–water partition coefficient (Wildman–Crippen LogP) is 2.94. The number of hydrogen-bond acceptors (Lipinski definition) is 5. The minimum Gasteiger partial charge on any atom is -0.383 e. The number of carbonyl (C=O) groups excluding carboxylic acids is 1. The zero-order valence-electron chi connectivity index (χ0n) is 10.0. The molecule has 1 atom stereocenters. The van der Waals surface area contributed by atoms with Crippen LogP contribution in [0.1, 0.15) is 5.56 Å². The Bertz CT molecular complexity index is 428. The Labute approximate surface area is 114 Å². The van der Waals surface area contributed by atoms with Gasteiger partial charge < -0.3 is 12.9 Å². The summed E-state index contributed by atoms with van der Waals surface area (Å²) >= 11 is 2.60. The molecule has 1 unspecified atom stereocenters. The van der Waals surface area contributed by atoms with Crippen molar-refractivity contribution >= 4 is 29.8 Å². The lowest BCUT2D eigenvalue weighted by atomic mass is 10.1. The molecular weight excluding hydrogens is 323 g/mol. The highest BCUT2D eigenvalue weighted by Crippen LogP contribution is 2.53. The van der Waals surface area contributed by atoms with Gasteiger partial charge in [-0.05, 0) is 12.0 Å². The number of hydrogen-bond donors (Lipinski definition) is 0. The molecule has 0 saturated heterocycles. The third-order valence-corrected chi connectivity index (χ3v) is 5.00. The SMILES string of the molecule is COP(=O)(OC)C(Cc1ccccc1)C(=O)OBr. The van der Waals surface area contributed by atoms with Crippen LogP contribution in [-0.2, 0) is 28.7 Å². The lowest BCUT2D eigenvalue weighted by molar-refractivity contribution is -0.132. The highest BCUT2D eigenvalue weighted by molar-refractivity contribution is 9.06. The Morgan fingerprint density at radius 2 is 1.83 bits per heavy atom. The first-order chi connectivity index (χ1) is 8.57. The van der Waals surface area contributed by atoms with Crippen molar-refractivity contribution in [1.29, 1.82) is 0 Å². The lowest BCUT2D eigenvalue weighted by Gasteiger charge is -2.21. The van der Waals surface area contributed by atoms with E-state index in [4.69, 9.17) is 9.05 Å². The third kappa shape index (κ3) is 3.65. The molecule has 1 rings (SSSR count). The first-order valence-corrected chi connectivity index (χ1v) is 7.41. The van der Waals surface area contributed by atoms with Crippen molar-refractivity contribution in [2.24, 2.45) is 0 Å². The average Bonchev–Trinajstić information content (AvgIpc) is 2.44. The summed E-state index contributed by atoms with van der Waals surface area (Å²) in [7, 11) is -1.05. The first kappa shape index (κ1) is 15.4. The molecule has 0 fully saturated rings. The van der Waals surface area contributed by atoms with E-state index in [0.29, 0.717) is 0 Å².